The van der Waals surface area contributed by atoms with Crippen LogP contribution in [0.3, 0.4) is 0 Å². The van der Waals surface area contributed by atoms with Crippen molar-refractivity contribution in [2.45, 2.75) is 6.42 Å². The maximum absolute atomic E-state index is 5.62. The van der Waals surface area contributed by atoms with Crippen molar-refractivity contribution in [2.75, 3.05) is 5.73 Å². The zero-order chi connectivity index (χ0) is 9.26. The lowest BCUT2D eigenvalue weighted by Crippen LogP contribution is -2.09. The summed E-state index contributed by atoms with van der Waals surface area (Å²) in [6.45, 7) is 0. The third kappa shape index (κ3) is 1.72. The molecule has 4 nitrogen and oxygen atoms in total. The summed E-state index contributed by atoms with van der Waals surface area (Å²) >= 11 is 1.52. The molecule has 0 fully saturated rings. The van der Waals surface area contributed by atoms with Gasteiger partial charge in [-0.1, -0.05) is 0 Å². The zero-order valence-corrected chi connectivity index (χ0v) is 7.64. The average Bonchev–Trinajstić information content (AvgIpc) is 2.64. The van der Waals surface area contributed by atoms with E-state index >= 15 is 0 Å². The Morgan fingerprint density at radius 2 is 2.46 bits per heavy atom. The van der Waals surface area contributed by atoms with Gasteiger partial charge in [0.25, 0.3) is 0 Å². The molecule has 2 rings (SSSR count). The van der Waals surface area contributed by atoms with E-state index < -0.39 is 0 Å². The van der Waals surface area contributed by atoms with E-state index in [-0.39, 0.29) is 0 Å². The van der Waals surface area contributed by atoms with Crippen molar-refractivity contribution < 1.29 is 0 Å². The van der Waals surface area contributed by atoms with Crippen LogP contribution in [-0.4, -0.2) is 23.0 Å². The standard InChI is InChI=1S/C7H7BN4S/c8-7-4(2-10-12-7)1-6-11-5(9)3-13-6/h2-3H,1,9H2,(H,10,12). The molecule has 0 aliphatic carbocycles. The van der Waals surface area contributed by atoms with Crippen molar-refractivity contribution in [2.24, 2.45) is 0 Å². The van der Waals surface area contributed by atoms with Gasteiger partial charge < -0.3 is 5.73 Å². The van der Waals surface area contributed by atoms with E-state index in [1.165, 1.54) is 11.3 Å². The lowest BCUT2D eigenvalue weighted by Gasteiger charge is -1.93. The minimum absolute atomic E-state index is 0.557. The molecule has 0 aliphatic rings. The minimum atomic E-state index is 0.557. The minimum Gasteiger partial charge on any atom is -0.383 e. The number of H-pyrrole nitrogens is 1. The summed E-state index contributed by atoms with van der Waals surface area (Å²) in [5, 5.41) is 9.25. The first-order chi connectivity index (χ1) is 6.25. The number of nitrogens with two attached hydrogens (primary N) is 1. The third-order valence-electron chi connectivity index (χ3n) is 1.66. The van der Waals surface area contributed by atoms with E-state index in [1.54, 1.807) is 6.20 Å². The number of rotatable bonds is 2. The zero-order valence-electron chi connectivity index (χ0n) is 6.82. The number of nitrogens with one attached hydrogen (secondary N) is 1. The fourth-order valence-electron chi connectivity index (χ4n) is 1.03. The van der Waals surface area contributed by atoms with Gasteiger partial charge in [-0.05, 0) is 11.2 Å². The van der Waals surface area contributed by atoms with Gasteiger partial charge in [-0.25, -0.2) is 4.98 Å². The Labute approximate surface area is 80.6 Å². The third-order valence-corrected chi connectivity index (χ3v) is 2.53. The van der Waals surface area contributed by atoms with Gasteiger partial charge in [-0.3, -0.25) is 5.10 Å². The molecule has 2 radical (unpaired) electrons. The van der Waals surface area contributed by atoms with Gasteiger partial charge in [0, 0.05) is 11.8 Å². The number of aromatic amines is 1. The van der Waals surface area contributed by atoms with Gasteiger partial charge in [0.2, 0.25) is 0 Å². The normalized spacial score (nSPS) is 10.5. The van der Waals surface area contributed by atoms with Crippen LogP contribution in [0.2, 0.25) is 0 Å². The summed E-state index contributed by atoms with van der Waals surface area (Å²) in [5.74, 6) is 0.557. The predicted molar refractivity (Wildman–Crippen MR) is 53.3 cm³/mol. The van der Waals surface area contributed by atoms with Gasteiger partial charge in [-0.2, -0.15) is 5.10 Å². The van der Waals surface area contributed by atoms with E-state index in [0.717, 1.165) is 10.6 Å². The molecule has 2 aromatic rings. The largest absolute Gasteiger partial charge is 0.383 e. The number of hydrogen-bond acceptors (Lipinski definition) is 4. The molecule has 0 spiro atoms. The monoisotopic (exact) mass is 190 g/mol. The van der Waals surface area contributed by atoms with E-state index in [0.29, 0.717) is 17.8 Å². The fraction of sp³-hybridized carbons (Fsp3) is 0.143. The van der Waals surface area contributed by atoms with Crippen LogP contribution in [0.1, 0.15) is 10.6 Å². The van der Waals surface area contributed by atoms with Crippen LogP contribution in [0.4, 0.5) is 5.82 Å². The first-order valence-corrected chi connectivity index (χ1v) is 4.61. The van der Waals surface area contributed by atoms with Crippen LogP contribution in [-0.2, 0) is 6.42 Å². The topological polar surface area (TPSA) is 67.6 Å². The van der Waals surface area contributed by atoms with Crippen LogP contribution in [0.5, 0.6) is 0 Å². The molecule has 0 saturated heterocycles. The van der Waals surface area contributed by atoms with Crippen LogP contribution in [0, 0.1) is 0 Å². The van der Waals surface area contributed by atoms with Crippen LogP contribution < -0.4 is 11.3 Å². The van der Waals surface area contributed by atoms with Crippen molar-refractivity contribution in [3.8, 4) is 0 Å². The summed E-state index contributed by atoms with van der Waals surface area (Å²) in [4.78, 5) is 4.13. The van der Waals surface area contributed by atoms with Gasteiger partial charge in [0.1, 0.15) is 13.7 Å². The lowest BCUT2D eigenvalue weighted by atomic mass is 9.98. The molecule has 2 heterocycles. The molecule has 0 unspecified atom stereocenters. The molecule has 0 amide bonds. The number of hydrogen-bond donors (Lipinski definition) is 2. The predicted octanol–water partition coefficient (Wildman–Crippen LogP) is -0.167. The molecule has 0 aliphatic heterocycles. The number of aromatic nitrogens is 3. The first kappa shape index (κ1) is 8.31. The maximum atomic E-state index is 5.62. The van der Waals surface area contributed by atoms with Crippen molar-refractivity contribution in [3.05, 3.63) is 22.1 Å². The fourth-order valence-corrected chi connectivity index (χ4v) is 1.74. The van der Waals surface area contributed by atoms with Gasteiger partial charge in [-0.15, -0.1) is 11.3 Å². The molecule has 6 heteroatoms. The number of anilines is 1. The molecular weight excluding hydrogens is 183 g/mol. The Balaban J connectivity index is 2.19. The van der Waals surface area contributed by atoms with Gasteiger partial charge >= 0.3 is 0 Å². The van der Waals surface area contributed by atoms with E-state index in [2.05, 4.69) is 15.2 Å². The summed E-state index contributed by atoms with van der Waals surface area (Å²) < 4.78 is 0. The Bertz CT molecular complexity index is 408. The summed E-state index contributed by atoms with van der Waals surface area (Å²) in [7, 11) is 5.62. The Hall–Kier alpha value is -1.30. The number of thiazole rings is 1. The second-order valence-electron chi connectivity index (χ2n) is 2.65. The van der Waals surface area contributed by atoms with E-state index in [1.807, 2.05) is 5.38 Å². The Morgan fingerprint density at radius 3 is 3.00 bits per heavy atom. The van der Waals surface area contributed by atoms with E-state index in [9.17, 15) is 0 Å². The van der Waals surface area contributed by atoms with Crippen LogP contribution in [0.15, 0.2) is 11.6 Å². The van der Waals surface area contributed by atoms with Gasteiger partial charge in [0.05, 0.1) is 11.2 Å². The van der Waals surface area contributed by atoms with E-state index in [4.69, 9.17) is 13.6 Å². The van der Waals surface area contributed by atoms with Crippen LogP contribution in [0.25, 0.3) is 0 Å². The molecule has 2 aromatic heterocycles. The van der Waals surface area contributed by atoms with Crippen molar-refractivity contribution in [3.63, 3.8) is 0 Å². The van der Waals surface area contributed by atoms with Crippen molar-refractivity contribution >= 4 is 30.6 Å². The SMILES string of the molecule is [B]c1[nH]ncc1Cc1nc(N)cs1. The highest BCUT2D eigenvalue weighted by Gasteiger charge is 2.04. The number of nitrogen functional groups attached to an aromatic ring is 1. The molecule has 0 atom stereocenters. The average molecular weight is 190 g/mol. The van der Waals surface area contributed by atoms with Crippen LogP contribution >= 0.6 is 11.3 Å². The Morgan fingerprint density at radius 1 is 1.62 bits per heavy atom. The molecule has 0 aromatic carbocycles. The highest BCUT2D eigenvalue weighted by molar-refractivity contribution is 7.10. The molecule has 0 saturated carbocycles. The van der Waals surface area contributed by atoms with Gasteiger partial charge in [0.15, 0.2) is 0 Å². The molecular formula is C7H7BN4S. The second-order valence-corrected chi connectivity index (χ2v) is 3.59. The summed E-state index contributed by atoms with van der Waals surface area (Å²) in [5.41, 5.74) is 7.03. The summed E-state index contributed by atoms with van der Waals surface area (Å²) in [6, 6.07) is 0. The maximum Gasteiger partial charge on any atom is 0.141 e. The highest BCUT2D eigenvalue weighted by Crippen LogP contribution is 2.13. The summed E-state index contributed by atoms with van der Waals surface area (Å²) in [6.07, 6.45) is 2.39. The first-order valence-electron chi connectivity index (χ1n) is 3.73. The molecule has 64 valence electrons. The molecule has 0 bridgehead atoms. The highest BCUT2D eigenvalue weighted by atomic mass is 32.1. The molecule has 3 N–H and O–H groups in total. The molecule has 13 heavy (non-hydrogen) atoms. The second kappa shape index (κ2) is 3.22. The quantitative estimate of drug-likeness (QED) is 0.646. The number of nitrogens with zero attached hydrogens (tertiary/aromatic N) is 2. The van der Waals surface area contributed by atoms with Crippen molar-refractivity contribution in [1.29, 1.82) is 0 Å². The lowest BCUT2D eigenvalue weighted by molar-refractivity contribution is 1.11. The smallest absolute Gasteiger partial charge is 0.141 e. The van der Waals surface area contributed by atoms with Crippen molar-refractivity contribution in [1.82, 2.24) is 15.2 Å². The Kier molecular flexibility index (Phi) is 2.06.